The first-order valence-corrected chi connectivity index (χ1v) is 5.68. The number of nitrogens with zero attached hydrogens (tertiary/aromatic N) is 2. The maximum absolute atomic E-state index is 5.70. The van der Waals surface area contributed by atoms with Crippen LogP contribution in [0.2, 0.25) is 0 Å². The van der Waals surface area contributed by atoms with Gasteiger partial charge in [-0.05, 0) is 30.9 Å². The van der Waals surface area contributed by atoms with E-state index in [0.29, 0.717) is 5.92 Å². The molecule has 0 bridgehead atoms. The lowest BCUT2D eigenvalue weighted by Gasteiger charge is -2.10. The predicted molar refractivity (Wildman–Crippen MR) is 61.1 cm³/mol. The molecule has 4 heteroatoms. The Morgan fingerprint density at radius 2 is 2.38 bits per heavy atom. The van der Waals surface area contributed by atoms with Gasteiger partial charge in [0.15, 0.2) is 5.65 Å². The maximum Gasteiger partial charge on any atom is 0.178 e. The van der Waals surface area contributed by atoms with Crippen molar-refractivity contribution in [1.82, 2.24) is 15.0 Å². The Balaban J connectivity index is 2.08. The number of pyridine rings is 1. The van der Waals surface area contributed by atoms with E-state index >= 15 is 0 Å². The van der Waals surface area contributed by atoms with E-state index in [0.717, 1.165) is 30.0 Å². The number of H-pyrrole nitrogens is 1. The Labute approximate surface area is 94.1 Å². The van der Waals surface area contributed by atoms with Crippen LogP contribution in [0.5, 0.6) is 0 Å². The second-order valence-corrected chi connectivity index (χ2v) is 4.51. The second-order valence-electron chi connectivity index (χ2n) is 4.51. The van der Waals surface area contributed by atoms with Crippen LogP contribution in [0.1, 0.15) is 30.8 Å². The third-order valence-corrected chi connectivity index (χ3v) is 3.28. The number of hydrogen-bond acceptors (Lipinski definition) is 3. The Morgan fingerprint density at radius 3 is 3.06 bits per heavy atom. The van der Waals surface area contributed by atoms with Crippen LogP contribution in [0, 0.1) is 12.8 Å². The maximum atomic E-state index is 5.70. The molecule has 1 N–H and O–H groups in total. The Morgan fingerprint density at radius 1 is 1.50 bits per heavy atom. The van der Waals surface area contributed by atoms with Gasteiger partial charge in [0.1, 0.15) is 11.9 Å². The first-order valence-electron chi connectivity index (χ1n) is 5.68. The first-order chi connectivity index (χ1) is 7.75. The largest absolute Gasteiger partial charge is 0.370 e. The van der Waals surface area contributed by atoms with Crippen molar-refractivity contribution in [3.05, 3.63) is 23.7 Å². The number of nitrogens with one attached hydrogen (secondary N) is 1. The molecule has 0 amide bonds. The molecular formula is C12H15N3O. The summed E-state index contributed by atoms with van der Waals surface area (Å²) in [5, 5.41) is 0. The van der Waals surface area contributed by atoms with Crippen LogP contribution in [-0.2, 0) is 4.74 Å². The lowest BCUT2D eigenvalue weighted by molar-refractivity contribution is 0.0882. The molecule has 16 heavy (non-hydrogen) atoms. The molecule has 84 valence electrons. The monoisotopic (exact) mass is 217 g/mol. The van der Waals surface area contributed by atoms with Gasteiger partial charge in [-0.1, -0.05) is 6.92 Å². The highest BCUT2D eigenvalue weighted by Crippen LogP contribution is 2.33. The lowest BCUT2D eigenvalue weighted by Crippen LogP contribution is -2.05. The zero-order chi connectivity index (χ0) is 11.1. The van der Waals surface area contributed by atoms with Crippen molar-refractivity contribution < 1.29 is 4.74 Å². The van der Waals surface area contributed by atoms with Gasteiger partial charge in [0.25, 0.3) is 0 Å². The fraction of sp³-hybridized carbons (Fsp3) is 0.500. The summed E-state index contributed by atoms with van der Waals surface area (Å²) in [6.07, 6.45) is 3.00. The molecule has 1 aliphatic rings. The standard InChI is InChI=1S/C12H15N3O/c1-7-3-5-13-11-9(7)14-12(15-11)10-8(2)4-6-16-10/h3,5,8,10H,4,6H2,1-2H3,(H,13,14,15). The van der Waals surface area contributed by atoms with E-state index in [2.05, 4.69) is 28.8 Å². The fourth-order valence-electron chi connectivity index (χ4n) is 2.23. The number of aromatic amines is 1. The number of aryl methyl sites for hydroxylation is 1. The van der Waals surface area contributed by atoms with Gasteiger partial charge in [0.05, 0.1) is 5.52 Å². The van der Waals surface area contributed by atoms with Crippen LogP contribution in [0.15, 0.2) is 12.3 Å². The minimum absolute atomic E-state index is 0.105. The summed E-state index contributed by atoms with van der Waals surface area (Å²) in [6, 6.07) is 1.99. The molecule has 2 aromatic heterocycles. The number of imidazole rings is 1. The van der Waals surface area contributed by atoms with E-state index in [1.54, 1.807) is 6.20 Å². The van der Waals surface area contributed by atoms with Crippen LogP contribution in [0.3, 0.4) is 0 Å². The zero-order valence-corrected chi connectivity index (χ0v) is 9.53. The first kappa shape index (κ1) is 9.78. The van der Waals surface area contributed by atoms with Crippen molar-refractivity contribution in [1.29, 1.82) is 0 Å². The summed E-state index contributed by atoms with van der Waals surface area (Å²) in [4.78, 5) is 12.1. The molecule has 2 atom stereocenters. The molecular weight excluding hydrogens is 202 g/mol. The molecule has 0 aliphatic carbocycles. The van der Waals surface area contributed by atoms with Crippen molar-refractivity contribution in [2.24, 2.45) is 5.92 Å². The Kier molecular flexibility index (Phi) is 2.17. The molecule has 1 fully saturated rings. The van der Waals surface area contributed by atoms with Crippen LogP contribution in [0.4, 0.5) is 0 Å². The minimum atomic E-state index is 0.105. The minimum Gasteiger partial charge on any atom is -0.370 e. The van der Waals surface area contributed by atoms with Gasteiger partial charge >= 0.3 is 0 Å². The van der Waals surface area contributed by atoms with Crippen LogP contribution < -0.4 is 0 Å². The van der Waals surface area contributed by atoms with E-state index in [9.17, 15) is 0 Å². The van der Waals surface area contributed by atoms with Crippen molar-refractivity contribution in [2.45, 2.75) is 26.4 Å². The molecule has 2 aromatic rings. The van der Waals surface area contributed by atoms with Gasteiger partial charge in [0, 0.05) is 12.8 Å². The number of rotatable bonds is 1. The number of ether oxygens (including phenoxy) is 1. The molecule has 1 aliphatic heterocycles. The molecule has 0 spiro atoms. The zero-order valence-electron chi connectivity index (χ0n) is 9.53. The summed E-state index contributed by atoms with van der Waals surface area (Å²) >= 11 is 0. The second kappa shape index (κ2) is 3.56. The highest BCUT2D eigenvalue weighted by Gasteiger charge is 2.28. The number of aromatic nitrogens is 3. The predicted octanol–water partition coefficient (Wildman–Crippen LogP) is 2.36. The molecule has 0 aromatic carbocycles. The third kappa shape index (κ3) is 1.41. The molecule has 2 unspecified atom stereocenters. The van der Waals surface area contributed by atoms with Crippen LogP contribution in [-0.4, -0.2) is 21.6 Å². The summed E-state index contributed by atoms with van der Waals surface area (Å²) in [5.41, 5.74) is 2.99. The van der Waals surface area contributed by atoms with E-state index in [1.165, 1.54) is 5.56 Å². The number of hydrogen-bond donors (Lipinski definition) is 1. The average molecular weight is 217 g/mol. The fourth-order valence-corrected chi connectivity index (χ4v) is 2.23. The molecule has 4 nitrogen and oxygen atoms in total. The van der Waals surface area contributed by atoms with E-state index < -0.39 is 0 Å². The Bertz CT molecular complexity index is 520. The van der Waals surface area contributed by atoms with Gasteiger partial charge in [-0.2, -0.15) is 0 Å². The van der Waals surface area contributed by atoms with Crippen LogP contribution >= 0.6 is 0 Å². The van der Waals surface area contributed by atoms with Gasteiger partial charge in [-0.15, -0.1) is 0 Å². The van der Waals surface area contributed by atoms with Crippen molar-refractivity contribution in [2.75, 3.05) is 6.61 Å². The molecule has 0 radical (unpaired) electrons. The Hall–Kier alpha value is -1.42. The van der Waals surface area contributed by atoms with E-state index in [1.807, 2.05) is 6.07 Å². The van der Waals surface area contributed by atoms with Crippen molar-refractivity contribution in [3.8, 4) is 0 Å². The van der Waals surface area contributed by atoms with Gasteiger partial charge in [0.2, 0.25) is 0 Å². The average Bonchev–Trinajstić information content (AvgIpc) is 2.84. The summed E-state index contributed by atoms with van der Waals surface area (Å²) in [6.45, 7) is 5.09. The van der Waals surface area contributed by atoms with E-state index in [4.69, 9.17) is 4.74 Å². The van der Waals surface area contributed by atoms with Gasteiger partial charge in [-0.3, -0.25) is 0 Å². The summed E-state index contributed by atoms with van der Waals surface area (Å²) in [7, 11) is 0. The quantitative estimate of drug-likeness (QED) is 0.797. The number of fused-ring (bicyclic) bond motifs is 1. The molecule has 3 heterocycles. The smallest absolute Gasteiger partial charge is 0.178 e. The molecule has 3 rings (SSSR count). The summed E-state index contributed by atoms with van der Waals surface area (Å²) in [5.74, 6) is 1.45. The van der Waals surface area contributed by atoms with Crippen LogP contribution in [0.25, 0.3) is 11.2 Å². The van der Waals surface area contributed by atoms with Crippen molar-refractivity contribution >= 4 is 11.2 Å². The molecule has 0 saturated carbocycles. The van der Waals surface area contributed by atoms with Gasteiger partial charge in [-0.25, -0.2) is 9.97 Å². The topological polar surface area (TPSA) is 50.8 Å². The van der Waals surface area contributed by atoms with Crippen molar-refractivity contribution in [3.63, 3.8) is 0 Å². The lowest BCUT2D eigenvalue weighted by atomic mass is 10.0. The SMILES string of the molecule is Cc1ccnc2nc(C3OCCC3C)[nH]c12. The highest BCUT2D eigenvalue weighted by molar-refractivity contribution is 5.74. The third-order valence-electron chi connectivity index (χ3n) is 3.28. The van der Waals surface area contributed by atoms with Gasteiger partial charge < -0.3 is 9.72 Å². The summed E-state index contributed by atoms with van der Waals surface area (Å²) < 4.78 is 5.70. The van der Waals surface area contributed by atoms with E-state index in [-0.39, 0.29) is 6.10 Å². The molecule has 1 saturated heterocycles. The highest BCUT2D eigenvalue weighted by atomic mass is 16.5. The normalized spacial score (nSPS) is 25.4.